The maximum atomic E-state index is 12.3. The summed E-state index contributed by atoms with van der Waals surface area (Å²) in [6.45, 7) is 0. The van der Waals surface area contributed by atoms with E-state index >= 15 is 0 Å². The van der Waals surface area contributed by atoms with Gasteiger partial charge >= 0.3 is 0 Å². The van der Waals surface area contributed by atoms with E-state index in [1.165, 1.54) is 0 Å². The van der Waals surface area contributed by atoms with Crippen LogP contribution >= 0.6 is 0 Å². The molecule has 1 fully saturated rings. The monoisotopic (exact) mass is 294 g/mol. The van der Waals surface area contributed by atoms with Gasteiger partial charge in [-0.25, -0.2) is 0 Å². The fourth-order valence-corrected chi connectivity index (χ4v) is 2.35. The summed E-state index contributed by atoms with van der Waals surface area (Å²) in [5, 5.41) is 0. The van der Waals surface area contributed by atoms with Crippen molar-refractivity contribution in [3.05, 3.63) is 71.3 Å². The summed E-state index contributed by atoms with van der Waals surface area (Å²) in [5.74, 6) is -0.311. The number of hydrogen-bond donors (Lipinski definition) is 2. The topological polar surface area (TPSA) is 58.2 Å². The molecule has 2 N–H and O–H groups in total. The van der Waals surface area contributed by atoms with Gasteiger partial charge in [-0.05, 0) is 36.5 Å². The van der Waals surface area contributed by atoms with Crippen LogP contribution in [0.15, 0.2) is 54.6 Å². The third-order valence-electron chi connectivity index (χ3n) is 3.75. The van der Waals surface area contributed by atoms with Crippen molar-refractivity contribution in [2.24, 2.45) is 5.92 Å². The van der Waals surface area contributed by atoms with Crippen LogP contribution in [0.5, 0.6) is 0 Å². The van der Waals surface area contributed by atoms with Gasteiger partial charge in [0.05, 0.1) is 0 Å². The van der Waals surface area contributed by atoms with Gasteiger partial charge in [0.2, 0.25) is 5.91 Å². The van der Waals surface area contributed by atoms with Crippen LogP contribution in [-0.4, -0.2) is 11.8 Å². The summed E-state index contributed by atoms with van der Waals surface area (Å²) in [6.07, 6.45) is 2.50. The summed E-state index contributed by atoms with van der Waals surface area (Å²) in [4.78, 5) is 23.9. The Kier molecular flexibility index (Phi) is 4.19. The molecule has 1 aliphatic carbocycles. The molecule has 0 aromatic heterocycles. The Morgan fingerprint density at radius 3 is 2.32 bits per heavy atom. The Bertz CT molecular complexity index is 678. The van der Waals surface area contributed by atoms with E-state index in [2.05, 4.69) is 10.9 Å². The molecule has 2 aromatic rings. The van der Waals surface area contributed by atoms with E-state index in [4.69, 9.17) is 0 Å². The molecular formula is C18H18N2O2. The number of hydrogen-bond acceptors (Lipinski definition) is 2. The average Bonchev–Trinajstić information content (AvgIpc) is 3.39. The van der Waals surface area contributed by atoms with Crippen molar-refractivity contribution in [2.45, 2.75) is 19.3 Å². The largest absolute Gasteiger partial charge is 0.273 e. The van der Waals surface area contributed by atoms with E-state index in [0.29, 0.717) is 12.0 Å². The van der Waals surface area contributed by atoms with Gasteiger partial charge in [0, 0.05) is 11.5 Å². The minimum absolute atomic E-state index is 0.0693. The minimum atomic E-state index is -0.277. The number of hydrazine groups is 1. The van der Waals surface area contributed by atoms with Gasteiger partial charge in [0.1, 0.15) is 0 Å². The van der Waals surface area contributed by atoms with Crippen LogP contribution in [0.1, 0.15) is 34.3 Å². The summed E-state index contributed by atoms with van der Waals surface area (Å²) < 4.78 is 0. The molecule has 22 heavy (non-hydrogen) atoms. The molecule has 2 amide bonds. The predicted molar refractivity (Wildman–Crippen MR) is 84.0 cm³/mol. The van der Waals surface area contributed by atoms with E-state index in [1.807, 2.05) is 48.5 Å². The van der Waals surface area contributed by atoms with E-state index in [-0.39, 0.29) is 17.7 Å². The first kappa shape index (κ1) is 14.3. The summed E-state index contributed by atoms with van der Waals surface area (Å²) in [5.41, 5.74) is 7.67. The molecule has 4 nitrogen and oxygen atoms in total. The summed E-state index contributed by atoms with van der Waals surface area (Å²) >= 11 is 0. The zero-order valence-electron chi connectivity index (χ0n) is 12.2. The highest BCUT2D eigenvalue weighted by molar-refractivity contribution is 5.97. The molecule has 0 radical (unpaired) electrons. The van der Waals surface area contributed by atoms with Gasteiger partial charge in [-0.2, -0.15) is 0 Å². The lowest BCUT2D eigenvalue weighted by atomic mass is 9.99. The van der Waals surface area contributed by atoms with Crippen LogP contribution in [0.25, 0.3) is 0 Å². The quantitative estimate of drug-likeness (QED) is 0.851. The first-order chi connectivity index (χ1) is 10.7. The van der Waals surface area contributed by atoms with E-state index in [0.717, 1.165) is 24.0 Å². The first-order valence-corrected chi connectivity index (χ1v) is 7.46. The van der Waals surface area contributed by atoms with Crippen molar-refractivity contribution in [3.63, 3.8) is 0 Å². The van der Waals surface area contributed by atoms with Gasteiger partial charge in [-0.3, -0.25) is 20.4 Å². The van der Waals surface area contributed by atoms with Crippen LogP contribution in [0.2, 0.25) is 0 Å². The van der Waals surface area contributed by atoms with Crippen LogP contribution < -0.4 is 10.9 Å². The molecular weight excluding hydrogens is 276 g/mol. The van der Waals surface area contributed by atoms with Gasteiger partial charge in [-0.15, -0.1) is 0 Å². The standard InChI is InChI=1S/C18H18N2O2/c21-17(14-10-11-14)19-20-18(22)16-9-5-4-8-15(16)12-13-6-2-1-3-7-13/h1-9,14H,10-12H2,(H,19,21)(H,20,22). The fourth-order valence-electron chi connectivity index (χ4n) is 2.35. The first-order valence-electron chi connectivity index (χ1n) is 7.46. The highest BCUT2D eigenvalue weighted by Crippen LogP contribution is 2.28. The van der Waals surface area contributed by atoms with Crippen molar-refractivity contribution in [1.29, 1.82) is 0 Å². The van der Waals surface area contributed by atoms with Gasteiger partial charge < -0.3 is 0 Å². The molecule has 112 valence electrons. The van der Waals surface area contributed by atoms with Crippen molar-refractivity contribution in [2.75, 3.05) is 0 Å². The number of amides is 2. The third kappa shape index (κ3) is 3.52. The molecule has 0 atom stereocenters. The molecule has 0 unspecified atom stereocenters. The minimum Gasteiger partial charge on any atom is -0.273 e. The van der Waals surface area contributed by atoms with Crippen LogP contribution in [0.3, 0.4) is 0 Å². The molecule has 3 rings (SSSR count). The number of nitrogens with one attached hydrogen (secondary N) is 2. The van der Waals surface area contributed by atoms with Crippen LogP contribution in [0.4, 0.5) is 0 Å². The third-order valence-corrected chi connectivity index (χ3v) is 3.75. The highest BCUT2D eigenvalue weighted by Gasteiger charge is 2.29. The van der Waals surface area contributed by atoms with Gasteiger partial charge in [0.25, 0.3) is 5.91 Å². The van der Waals surface area contributed by atoms with Crippen LogP contribution in [-0.2, 0) is 11.2 Å². The van der Waals surface area contributed by atoms with Crippen molar-refractivity contribution < 1.29 is 9.59 Å². The Balaban J connectivity index is 1.69. The van der Waals surface area contributed by atoms with E-state index < -0.39 is 0 Å². The smallest absolute Gasteiger partial charge is 0.269 e. The van der Waals surface area contributed by atoms with Crippen molar-refractivity contribution in [3.8, 4) is 0 Å². The number of rotatable bonds is 4. The maximum absolute atomic E-state index is 12.3. The molecule has 0 heterocycles. The Morgan fingerprint density at radius 1 is 0.909 bits per heavy atom. The maximum Gasteiger partial charge on any atom is 0.269 e. The second-order valence-electron chi connectivity index (χ2n) is 5.54. The normalized spacial score (nSPS) is 13.5. The van der Waals surface area contributed by atoms with Crippen molar-refractivity contribution in [1.82, 2.24) is 10.9 Å². The zero-order valence-corrected chi connectivity index (χ0v) is 12.2. The summed E-state index contributed by atoms with van der Waals surface area (Å²) in [6, 6.07) is 17.4. The zero-order chi connectivity index (χ0) is 15.4. The highest BCUT2D eigenvalue weighted by atomic mass is 16.2. The fraction of sp³-hybridized carbons (Fsp3) is 0.222. The Labute approximate surface area is 129 Å². The average molecular weight is 294 g/mol. The lowest BCUT2D eigenvalue weighted by Crippen LogP contribution is -2.42. The number of carbonyl (C=O) groups excluding carboxylic acids is 2. The van der Waals surface area contributed by atoms with Gasteiger partial charge in [-0.1, -0.05) is 48.5 Å². The molecule has 0 bridgehead atoms. The molecule has 1 saturated carbocycles. The van der Waals surface area contributed by atoms with E-state index in [1.54, 1.807) is 6.07 Å². The lowest BCUT2D eigenvalue weighted by Gasteiger charge is -2.11. The molecule has 1 aliphatic rings. The molecule has 4 heteroatoms. The van der Waals surface area contributed by atoms with E-state index in [9.17, 15) is 9.59 Å². The molecule has 2 aromatic carbocycles. The second kappa shape index (κ2) is 6.43. The second-order valence-corrected chi connectivity index (χ2v) is 5.54. The van der Waals surface area contributed by atoms with Crippen molar-refractivity contribution >= 4 is 11.8 Å². The lowest BCUT2D eigenvalue weighted by molar-refractivity contribution is -0.123. The van der Waals surface area contributed by atoms with Crippen LogP contribution in [0, 0.1) is 5.92 Å². The molecule has 0 aliphatic heterocycles. The number of benzene rings is 2. The molecule has 0 saturated heterocycles. The predicted octanol–water partition coefficient (Wildman–Crippen LogP) is 2.45. The molecule has 0 spiro atoms. The Morgan fingerprint density at radius 2 is 1.59 bits per heavy atom. The summed E-state index contributed by atoms with van der Waals surface area (Å²) in [7, 11) is 0. The SMILES string of the molecule is O=C(NNC(=O)C1CC1)c1ccccc1Cc1ccccc1. The Hall–Kier alpha value is -2.62. The number of carbonyl (C=O) groups is 2. The van der Waals surface area contributed by atoms with Gasteiger partial charge in [0.15, 0.2) is 0 Å².